The molecule has 1 saturated heterocycles. The maximum atomic E-state index is 14.8. The minimum absolute atomic E-state index is 0.0136. The Hall–Kier alpha value is -3.52. The van der Waals surface area contributed by atoms with Gasteiger partial charge in [0.25, 0.3) is 0 Å². The Balaban J connectivity index is 1.54. The second-order valence-electron chi connectivity index (χ2n) is 11.2. The van der Waals surface area contributed by atoms with Gasteiger partial charge in [-0.2, -0.15) is 5.10 Å². The quantitative estimate of drug-likeness (QED) is 0.335. The van der Waals surface area contributed by atoms with Gasteiger partial charge in [-0.3, -0.25) is 14.3 Å². The molecule has 1 fully saturated rings. The van der Waals surface area contributed by atoms with E-state index in [0.29, 0.717) is 42.2 Å². The first-order valence-electron chi connectivity index (χ1n) is 14.8. The van der Waals surface area contributed by atoms with E-state index in [9.17, 15) is 14.0 Å². The standard InChI is InChI=1S/C33H41ClFN5O2/c1-5-7-26-29(35)11-10-28(34)33(26)22(3)21(2)27-18-23(8-6-9-30(27)36)24-19-38-40(20-24)25-14-16-39(17-15-25)32(42)13-12-31(41)37-4/h6,8,10-11,18-20,22,25,36H,5,7,9,12-17H2,1-4H3,(H,37,41)/b27-21+,36-30?. The molecule has 0 spiro atoms. The predicted molar refractivity (Wildman–Crippen MR) is 166 cm³/mol. The number of likely N-dealkylation sites (tertiary alicyclic amines) is 1. The topological polar surface area (TPSA) is 91.1 Å². The van der Waals surface area contributed by atoms with Gasteiger partial charge < -0.3 is 15.6 Å². The van der Waals surface area contributed by atoms with Crippen molar-refractivity contribution in [3.05, 3.63) is 81.4 Å². The van der Waals surface area contributed by atoms with Crippen molar-refractivity contribution in [1.82, 2.24) is 20.0 Å². The zero-order valence-corrected chi connectivity index (χ0v) is 25.7. The van der Waals surface area contributed by atoms with Gasteiger partial charge in [-0.05, 0) is 66.7 Å². The first-order chi connectivity index (χ1) is 20.1. The molecule has 9 heteroatoms. The highest BCUT2D eigenvalue weighted by atomic mass is 35.5. The van der Waals surface area contributed by atoms with Crippen molar-refractivity contribution in [2.45, 2.75) is 77.7 Å². The third-order valence-corrected chi connectivity index (χ3v) is 8.80. The van der Waals surface area contributed by atoms with Gasteiger partial charge in [0.05, 0.1) is 12.2 Å². The summed E-state index contributed by atoms with van der Waals surface area (Å²) in [6.07, 6.45) is 13.9. The second kappa shape index (κ2) is 14.1. The maximum Gasteiger partial charge on any atom is 0.223 e. The number of benzene rings is 1. The third-order valence-electron chi connectivity index (χ3n) is 8.47. The molecule has 42 heavy (non-hydrogen) atoms. The number of halogens is 2. The lowest BCUT2D eigenvalue weighted by molar-refractivity contribution is -0.134. The van der Waals surface area contributed by atoms with E-state index in [-0.39, 0.29) is 42.4 Å². The monoisotopic (exact) mass is 593 g/mol. The van der Waals surface area contributed by atoms with Gasteiger partial charge in [-0.25, -0.2) is 4.39 Å². The molecule has 2 aromatic rings. The van der Waals surface area contributed by atoms with E-state index in [1.165, 1.54) is 6.07 Å². The average molecular weight is 594 g/mol. The number of aromatic nitrogens is 2. The van der Waals surface area contributed by atoms with Gasteiger partial charge in [0.1, 0.15) is 5.82 Å². The van der Waals surface area contributed by atoms with E-state index >= 15 is 0 Å². The molecule has 1 aliphatic carbocycles. The van der Waals surface area contributed by atoms with Crippen molar-refractivity contribution in [2.75, 3.05) is 20.1 Å². The molecule has 1 aromatic carbocycles. The van der Waals surface area contributed by atoms with Crippen molar-refractivity contribution < 1.29 is 14.0 Å². The Morgan fingerprint density at radius 1 is 1.24 bits per heavy atom. The van der Waals surface area contributed by atoms with Crippen molar-refractivity contribution in [2.24, 2.45) is 0 Å². The van der Waals surface area contributed by atoms with E-state index < -0.39 is 0 Å². The summed E-state index contributed by atoms with van der Waals surface area (Å²) in [4.78, 5) is 25.8. The first-order valence-corrected chi connectivity index (χ1v) is 15.2. The van der Waals surface area contributed by atoms with Crippen LogP contribution in [0.2, 0.25) is 5.02 Å². The van der Waals surface area contributed by atoms with Crippen LogP contribution in [-0.4, -0.2) is 52.3 Å². The van der Waals surface area contributed by atoms with E-state index in [0.717, 1.165) is 47.1 Å². The average Bonchev–Trinajstić information content (AvgIpc) is 3.41. The molecule has 1 unspecified atom stereocenters. The molecule has 2 amide bonds. The Morgan fingerprint density at radius 2 is 1.98 bits per heavy atom. The van der Waals surface area contributed by atoms with Crippen LogP contribution in [0.15, 0.2) is 53.9 Å². The molecule has 1 aliphatic heterocycles. The smallest absolute Gasteiger partial charge is 0.223 e. The SMILES string of the molecule is CCCc1c(F)ccc(Cl)c1C(C)/C(C)=C1\C=C(c2cnn(C3CCN(C(=O)CCC(=O)NC)CC3)c2)C=CCC1=N. The summed E-state index contributed by atoms with van der Waals surface area (Å²) < 4.78 is 16.8. The predicted octanol–water partition coefficient (Wildman–Crippen LogP) is 6.80. The molecular formula is C33H41ClFN5O2. The molecule has 0 bridgehead atoms. The fourth-order valence-electron chi connectivity index (χ4n) is 5.84. The second-order valence-corrected chi connectivity index (χ2v) is 11.6. The summed E-state index contributed by atoms with van der Waals surface area (Å²) in [7, 11) is 1.58. The number of hydrogen-bond acceptors (Lipinski definition) is 4. The normalized spacial score (nSPS) is 18.0. The molecule has 224 valence electrons. The number of amides is 2. The Labute approximate surface area is 253 Å². The van der Waals surface area contributed by atoms with E-state index in [2.05, 4.69) is 10.4 Å². The number of carbonyl (C=O) groups excluding carboxylic acids is 2. The highest BCUT2D eigenvalue weighted by Crippen LogP contribution is 2.37. The highest BCUT2D eigenvalue weighted by molar-refractivity contribution is 6.31. The Kier molecular flexibility index (Phi) is 10.5. The number of allylic oxidation sites excluding steroid dienone is 6. The van der Waals surface area contributed by atoms with Gasteiger partial charge >= 0.3 is 0 Å². The highest BCUT2D eigenvalue weighted by Gasteiger charge is 2.26. The Morgan fingerprint density at radius 3 is 2.67 bits per heavy atom. The van der Waals surface area contributed by atoms with Crippen molar-refractivity contribution in [3.8, 4) is 0 Å². The fourth-order valence-corrected chi connectivity index (χ4v) is 6.18. The van der Waals surface area contributed by atoms with E-state index in [4.69, 9.17) is 17.0 Å². The van der Waals surface area contributed by atoms with E-state index in [1.54, 1.807) is 13.1 Å². The molecule has 2 N–H and O–H groups in total. The summed E-state index contributed by atoms with van der Waals surface area (Å²) in [5.74, 6) is -0.505. The Bertz CT molecular complexity index is 1430. The summed E-state index contributed by atoms with van der Waals surface area (Å²) in [5, 5.41) is 16.6. The molecule has 0 radical (unpaired) electrons. The molecule has 2 aliphatic rings. The van der Waals surface area contributed by atoms with Crippen LogP contribution in [0.5, 0.6) is 0 Å². The molecule has 2 heterocycles. The number of hydrogen-bond donors (Lipinski definition) is 2. The minimum Gasteiger partial charge on any atom is -0.359 e. The van der Waals surface area contributed by atoms with Crippen molar-refractivity contribution in [1.29, 1.82) is 5.41 Å². The number of nitrogens with one attached hydrogen (secondary N) is 2. The van der Waals surface area contributed by atoms with Gasteiger partial charge in [0.15, 0.2) is 0 Å². The van der Waals surface area contributed by atoms with Crippen LogP contribution < -0.4 is 5.32 Å². The minimum atomic E-state index is -0.235. The van der Waals surface area contributed by atoms with Crippen LogP contribution in [0, 0.1) is 11.2 Å². The zero-order chi connectivity index (χ0) is 30.4. The maximum absolute atomic E-state index is 14.8. The summed E-state index contributed by atoms with van der Waals surface area (Å²) in [6.45, 7) is 7.35. The molecule has 4 rings (SSSR count). The van der Waals surface area contributed by atoms with E-state index in [1.807, 2.05) is 61.0 Å². The van der Waals surface area contributed by atoms with Gasteiger partial charge in [0, 0.05) is 67.8 Å². The number of rotatable bonds is 9. The van der Waals surface area contributed by atoms with Crippen LogP contribution in [0.3, 0.4) is 0 Å². The summed E-state index contributed by atoms with van der Waals surface area (Å²) >= 11 is 6.63. The molecule has 0 saturated carbocycles. The lowest BCUT2D eigenvalue weighted by atomic mass is 9.84. The summed E-state index contributed by atoms with van der Waals surface area (Å²) in [6, 6.07) is 3.24. The lowest BCUT2D eigenvalue weighted by Crippen LogP contribution is -2.39. The largest absolute Gasteiger partial charge is 0.359 e. The first kappa shape index (κ1) is 31.4. The number of nitrogens with zero attached hydrogens (tertiary/aromatic N) is 3. The fraction of sp³-hybridized carbons (Fsp3) is 0.455. The molecule has 1 atom stereocenters. The van der Waals surface area contributed by atoms with Gasteiger partial charge in [0.2, 0.25) is 11.8 Å². The van der Waals surface area contributed by atoms with Crippen LogP contribution in [0.1, 0.15) is 87.9 Å². The molecule has 7 nitrogen and oxygen atoms in total. The van der Waals surface area contributed by atoms with Crippen LogP contribution in [-0.2, 0) is 16.0 Å². The van der Waals surface area contributed by atoms with Crippen LogP contribution in [0.25, 0.3) is 5.57 Å². The van der Waals surface area contributed by atoms with Crippen LogP contribution in [0.4, 0.5) is 4.39 Å². The van der Waals surface area contributed by atoms with Crippen LogP contribution >= 0.6 is 11.6 Å². The lowest BCUT2D eigenvalue weighted by Gasteiger charge is -2.32. The number of piperidine rings is 1. The third kappa shape index (κ3) is 7.09. The van der Waals surface area contributed by atoms with Gasteiger partial charge in [-0.15, -0.1) is 0 Å². The number of carbonyl (C=O) groups is 2. The van der Waals surface area contributed by atoms with Crippen molar-refractivity contribution in [3.63, 3.8) is 0 Å². The van der Waals surface area contributed by atoms with Gasteiger partial charge in [-0.1, -0.05) is 49.6 Å². The molecule has 1 aromatic heterocycles. The summed E-state index contributed by atoms with van der Waals surface area (Å²) in [5.41, 5.74) is 5.70. The molecular weight excluding hydrogens is 553 g/mol. The zero-order valence-electron chi connectivity index (χ0n) is 25.0. The van der Waals surface area contributed by atoms with Crippen molar-refractivity contribution >= 4 is 34.7 Å².